The first-order valence-electron chi connectivity index (χ1n) is 10.6. The highest BCUT2D eigenvalue weighted by molar-refractivity contribution is 8.05. The number of hydrogen-bond acceptors (Lipinski definition) is 7. The molecule has 1 saturated heterocycles. The molecule has 0 bridgehead atoms. The van der Waals surface area contributed by atoms with Crippen LogP contribution in [0.3, 0.4) is 0 Å². The first kappa shape index (κ1) is 23.8. The maximum atomic E-state index is 13.5. The second-order valence-electron chi connectivity index (χ2n) is 7.80. The van der Waals surface area contributed by atoms with Gasteiger partial charge < -0.3 is 9.73 Å². The monoisotopic (exact) mass is 488 g/mol. The van der Waals surface area contributed by atoms with Gasteiger partial charge >= 0.3 is 0 Å². The van der Waals surface area contributed by atoms with E-state index in [0.29, 0.717) is 17.0 Å². The molecular formula is C25H20N4O5S. The quantitative estimate of drug-likeness (QED) is 0.228. The zero-order valence-electron chi connectivity index (χ0n) is 18.6. The summed E-state index contributed by atoms with van der Waals surface area (Å²) in [4.78, 5) is 38.4. The van der Waals surface area contributed by atoms with Gasteiger partial charge in [0.15, 0.2) is 0 Å². The number of nitrogens with zero attached hydrogens (tertiary/aromatic N) is 3. The number of nitrogens with one attached hydrogen (secondary N) is 1. The molecule has 1 aromatic heterocycles. The number of carbonyl (C=O) groups excluding carboxylic acids is 2. The number of rotatable bonds is 7. The molecule has 4 rings (SSSR count). The summed E-state index contributed by atoms with van der Waals surface area (Å²) in [5, 5.41) is 23.2. The number of anilines is 1. The average Bonchev–Trinajstić information content (AvgIpc) is 3.48. The van der Waals surface area contributed by atoms with E-state index in [2.05, 4.69) is 5.32 Å². The molecule has 9 nitrogen and oxygen atoms in total. The molecule has 1 N–H and O–H groups in total. The molecule has 0 aliphatic carbocycles. The lowest BCUT2D eigenvalue weighted by Crippen LogP contribution is -2.32. The molecule has 10 heteroatoms. The highest BCUT2D eigenvalue weighted by Gasteiger charge is 2.41. The second kappa shape index (κ2) is 10.3. The maximum absolute atomic E-state index is 13.5. The van der Waals surface area contributed by atoms with Gasteiger partial charge in [0.2, 0.25) is 5.91 Å². The maximum Gasteiger partial charge on any atom is 0.269 e. The van der Waals surface area contributed by atoms with Crippen LogP contribution in [0.1, 0.15) is 16.9 Å². The number of amides is 2. The second-order valence-corrected chi connectivity index (χ2v) is 8.99. The molecule has 35 heavy (non-hydrogen) atoms. The van der Waals surface area contributed by atoms with Gasteiger partial charge in [-0.05, 0) is 43.2 Å². The van der Waals surface area contributed by atoms with Gasteiger partial charge in [-0.3, -0.25) is 24.6 Å². The zero-order chi connectivity index (χ0) is 24.9. The number of hydrogen-bond donors (Lipinski definition) is 1. The van der Waals surface area contributed by atoms with E-state index in [1.54, 1.807) is 36.4 Å². The van der Waals surface area contributed by atoms with Gasteiger partial charge in [0, 0.05) is 17.8 Å². The molecule has 176 valence electrons. The van der Waals surface area contributed by atoms with Gasteiger partial charge in [-0.25, -0.2) is 0 Å². The van der Waals surface area contributed by atoms with E-state index in [9.17, 15) is 25.0 Å². The Morgan fingerprint density at radius 3 is 2.66 bits per heavy atom. The van der Waals surface area contributed by atoms with Crippen molar-refractivity contribution in [3.05, 3.63) is 105 Å². The summed E-state index contributed by atoms with van der Waals surface area (Å²) in [6.07, 6.45) is 1.68. The van der Waals surface area contributed by atoms with Crippen molar-refractivity contribution in [1.29, 1.82) is 5.26 Å². The Morgan fingerprint density at radius 1 is 1.23 bits per heavy atom. The number of nitro benzene ring substituents is 1. The molecule has 0 radical (unpaired) electrons. The van der Waals surface area contributed by atoms with Crippen molar-refractivity contribution in [3.63, 3.8) is 0 Å². The van der Waals surface area contributed by atoms with Crippen LogP contribution in [0, 0.1) is 28.4 Å². The molecule has 1 fully saturated rings. The van der Waals surface area contributed by atoms with Crippen LogP contribution in [0.25, 0.3) is 0 Å². The summed E-state index contributed by atoms with van der Waals surface area (Å²) >= 11 is 1.10. The SMILES string of the molecule is Cc1ccc(N2C(=O)[C@H](Cc3cccc([N+](=O)[O-])c3)S/C2=C(\C#N)C(=O)NCc2ccco2)cc1. The Bertz CT molecular complexity index is 1340. The van der Waals surface area contributed by atoms with Crippen LogP contribution >= 0.6 is 11.8 Å². The molecular weight excluding hydrogens is 468 g/mol. The Balaban J connectivity index is 1.68. The summed E-state index contributed by atoms with van der Waals surface area (Å²) in [7, 11) is 0. The molecule has 1 aliphatic heterocycles. The molecule has 0 spiro atoms. The summed E-state index contributed by atoms with van der Waals surface area (Å²) in [6.45, 7) is 2.00. The van der Waals surface area contributed by atoms with Crippen LogP contribution in [-0.4, -0.2) is 22.0 Å². The van der Waals surface area contributed by atoms with Crippen molar-refractivity contribution in [2.75, 3.05) is 4.90 Å². The number of nitriles is 1. The van der Waals surface area contributed by atoms with Crippen LogP contribution in [0.5, 0.6) is 0 Å². The predicted octanol–water partition coefficient (Wildman–Crippen LogP) is 4.24. The van der Waals surface area contributed by atoms with Crippen LogP contribution < -0.4 is 10.2 Å². The lowest BCUT2D eigenvalue weighted by molar-refractivity contribution is -0.384. The lowest BCUT2D eigenvalue weighted by atomic mass is 10.1. The Hall–Kier alpha value is -4.36. The lowest BCUT2D eigenvalue weighted by Gasteiger charge is -2.19. The number of non-ortho nitro benzene ring substituents is 1. The van der Waals surface area contributed by atoms with Gasteiger partial charge in [-0.15, -0.1) is 0 Å². The van der Waals surface area contributed by atoms with E-state index in [0.717, 1.165) is 17.3 Å². The standard InChI is InChI=1S/C25H20N4O5S/c1-16-7-9-18(10-8-16)28-24(31)22(13-17-4-2-5-19(12-17)29(32)33)35-25(28)21(14-26)23(30)27-15-20-6-3-11-34-20/h2-12,22H,13,15H2,1H3,(H,27,30)/b25-21+/t22-/m0/s1. The van der Waals surface area contributed by atoms with E-state index in [4.69, 9.17) is 4.42 Å². The van der Waals surface area contributed by atoms with Crippen LogP contribution in [0.2, 0.25) is 0 Å². The minimum absolute atomic E-state index is 0.0703. The van der Waals surface area contributed by atoms with Crippen molar-refractivity contribution in [3.8, 4) is 6.07 Å². The summed E-state index contributed by atoms with van der Waals surface area (Å²) in [5.41, 5.74) is 1.85. The number of benzene rings is 2. The van der Waals surface area contributed by atoms with Gasteiger partial charge in [0.05, 0.1) is 23.0 Å². The summed E-state index contributed by atoms with van der Waals surface area (Å²) in [6, 6.07) is 18.6. The smallest absolute Gasteiger partial charge is 0.269 e. The van der Waals surface area contributed by atoms with Crippen molar-refractivity contribution in [2.45, 2.75) is 25.1 Å². The fraction of sp³-hybridized carbons (Fsp3) is 0.160. The van der Waals surface area contributed by atoms with E-state index >= 15 is 0 Å². The van der Waals surface area contributed by atoms with E-state index in [1.807, 2.05) is 25.1 Å². The van der Waals surface area contributed by atoms with Gasteiger partial charge in [0.25, 0.3) is 11.6 Å². The fourth-order valence-electron chi connectivity index (χ4n) is 3.60. The topological polar surface area (TPSA) is 129 Å². The predicted molar refractivity (Wildman–Crippen MR) is 130 cm³/mol. The molecule has 1 aliphatic rings. The fourth-order valence-corrected chi connectivity index (χ4v) is 4.90. The third-order valence-electron chi connectivity index (χ3n) is 5.34. The molecule has 3 aromatic rings. The molecule has 2 aromatic carbocycles. The van der Waals surface area contributed by atoms with Crippen molar-refractivity contribution >= 4 is 35.0 Å². The molecule has 0 saturated carbocycles. The highest BCUT2D eigenvalue weighted by Crippen LogP contribution is 2.42. The van der Waals surface area contributed by atoms with Crippen molar-refractivity contribution in [1.82, 2.24) is 5.32 Å². The Morgan fingerprint density at radius 2 is 2.00 bits per heavy atom. The van der Waals surface area contributed by atoms with E-state index < -0.39 is 16.1 Å². The number of nitro groups is 1. The minimum atomic E-state index is -0.672. The third kappa shape index (κ3) is 5.26. The Kier molecular flexibility index (Phi) is 6.98. The number of thioether (sulfide) groups is 1. The van der Waals surface area contributed by atoms with Gasteiger partial charge in [-0.1, -0.05) is 41.6 Å². The minimum Gasteiger partial charge on any atom is -0.467 e. The number of carbonyl (C=O) groups is 2. The largest absolute Gasteiger partial charge is 0.467 e. The van der Waals surface area contributed by atoms with E-state index in [-0.39, 0.29) is 35.2 Å². The first-order valence-corrected chi connectivity index (χ1v) is 11.5. The first-order chi connectivity index (χ1) is 16.9. The molecule has 0 unspecified atom stereocenters. The summed E-state index contributed by atoms with van der Waals surface area (Å²) in [5.74, 6) is -0.422. The average molecular weight is 489 g/mol. The van der Waals surface area contributed by atoms with Crippen LogP contribution in [-0.2, 0) is 22.6 Å². The zero-order valence-corrected chi connectivity index (χ0v) is 19.5. The van der Waals surface area contributed by atoms with Crippen LogP contribution in [0.4, 0.5) is 11.4 Å². The summed E-state index contributed by atoms with van der Waals surface area (Å²) < 4.78 is 5.22. The van der Waals surface area contributed by atoms with Gasteiger partial charge in [0.1, 0.15) is 22.4 Å². The third-order valence-corrected chi connectivity index (χ3v) is 6.61. The normalized spacial score (nSPS) is 16.6. The highest BCUT2D eigenvalue weighted by atomic mass is 32.2. The van der Waals surface area contributed by atoms with Crippen LogP contribution in [0.15, 0.2) is 81.9 Å². The van der Waals surface area contributed by atoms with Crippen molar-refractivity contribution in [2.24, 2.45) is 0 Å². The van der Waals surface area contributed by atoms with E-state index in [1.165, 1.54) is 23.3 Å². The van der Waals surface area contributed by atoms with Gasteiger partial charge in [-0.2, -0.15) is 5.26 Å². The molecule has 2 heterocycles. The number of furan rings is 1. The number of aryl methyl sites for hydroxylation is 1. The Labute approximate surface area is 205 Å². The van der Waals surface area contributed by atoms with Crippen molar-refractivity contribution < 1.29 is 18.9 Å². The molecule has 1 atom stereocenters. The molecule has 2 amide bonds.